The number of hydrogen-bond donors (Lipinski definition) is 1. The van der Waals surface area contributed by atoms with Gasteiger partial charge in [0.1, 0.15) is 0 Å². The van der Waals surface area contributed by atoms with Crippen LogP contribution in [-0.4, -0.2) is 5.11 Å². The van der Waals surface area contributed by atoms with E-state index in [9.17, 15) is 5.11 Å². The molecule has 102 valence electrons. The molecule has 0 bridgehead atoms. The van der Waals surface area contributed by atoms with E-state index in [2.05, 4.69) is 6.07 Å². The maximum absolute atomic E-state index is 9.80. The average Bonchev–Trinajstić information content (AvgIpc) is 2.42. The molecule has 1 atom stereocenters. The van der Waals surface area contributed by atoms with Crippen molar-refractivity contribution in [2.45, 2.75) is 22.8 Å². The van der Waals surface area contributed by atoms with Gasteiger partial charge >= 0.3 is 0 Å². The summed E-state index contributed by atoms with van der Waals surface area (Å²) >= 11 is 13.3. The lowest BCUT2D eigenvalue weighted by molar-refractivity contribution is 0.196. The number of hydrogen-bond acceptors (Lipinski definition) is 3. The Kier molecular flexibility index (Phi) is 4.95. The third kappa shape index (κ3) is 3.47. The largest absolute Gasteiger partial charge is 0.389 e. The first-order valence-electron chi connectivity index (χ1n) is 5.86. The Balaban J connectivity index is 2.40. The Morgan fingerprint density at radius 2 is 1.90 bits per heavy atom. The maximum Gasteiger partial charge on any atom is 0.0992 e. The quantitative estimate of drug-likeness (QED) is 0.857. The average molecular weight is 324 g/mol. The summed E-state index contributed by atoms with van der Waals surface area (Å²) in [6, 6.07) is 12.7. The van der Waals surface area contributed by atoms with Crippen molar-refractivity contribution >= 4 is 35.0 Å². The SMILES string of the molecule is C[C@@H](O)c1ccc(C#N)cc1Sc1ccc(Cl)c(Cl)c1. The molecule has 5 heteroatoms. The minimum atomic E-state index is -0.604. The van der Waals surface area contributed by atoms with E-state index in [1.165, 1.54) is 11.8 Å². The fourth-order valence-corrected chi connectivity index (χ4v) is 3.18. The van der Waals surface area contributed by atoms with Gasteiger partial charge in [-0.2, -0.15) is 5.26 Å². The van der Waals surface area contributed by atoms with Gasteiger partial charge in [0, 0.05) is 9.79 Å². The van der Waals surface area contributed by atoms with Crippen molar-refractivity contribution in [1.29, 1.82) is 5.26 Å². The maximum atomic E-state index is 9.80. The van der Waals surface area contributed by atoms with Gasteiger partial charge < -0.3 is 5.11 Å². The molecule has 2 rings (SSSR count). The zero-order valence-electron chi connectivity index (χ0n) is 10.6. The summed E-state index contributed by atoms with van der Waals surface area (Å²) in [5.41, 5.74) is 1.33. The molecule has 1 N–H and O–H groups in total. The van der Waals surface area contributed by atoms with Crippen LogP contribution in [0.15, 0.2) is 46.2 Å². The summed E-state index contributed by atoms with van der Waals surface area (Å²) in [4.78, 5) is 1.73. The standard InChI is InChI=1S/C15H11Cl2NOS/c1-9(19)12-4-2-10(8-18)6-15(12)20-11-3-5-13(16)14(17)7-11/h2-7,9,19H,1H3/t9-/m1/s1. The van der Waals surface area contributed by atoms with Crippen LogP contribution < -0.4 is 0 Å². The number of aliphatic hydroxyl groups is 1. The van der Waals surface area contributed by atoms with Gasteiger partial charge in [-0.25, -0.2) is 0 Å². The molecular formula is C15H11Cl2NOS. The van der Waals surface area contributed by atoms with E-state index in [4.69, 9.17) is 28.5 Å². The minimum Gasteiger partial charge on any atom is -0.389 e. The summed E-state index contributed by atoms with van der Waals surface area (Å²) < 4.78 is 0. The topological polar surface area (TPSA) is 44.0 Å². The molecule has 0 spiro atoms. The van der Waals surface area contributed by atoms with Gasteiger partial charge in [0.25, 0.3) is 0 Å². The molecule has 0 aliphatic carbocycles. The molecule has 0 amide bonds. The van der Waals surface area contributed by atoms with Crippen molar-refractivity contribution in [2.75, 3.05) is 0 Å². The van der Waals surface area contributed by atoms with Gasteiger partial charge in [0.15, 0.2) is 0 Å². The second-order valence-electron chi connectivity index (χ2n) is 4.22. The van der Waals surface area contributed by atoms with E-state index in [0.717, 1.165) is 15.4 Å². The van der Waals surface area contributed by atoms with Gasteiger partial charge in [0.2, 0.25) is 0 Å². The lowest BCUT2D eigenvalue weighted by Gasteiger charge is -2.12. The highest BCUT2D eigenvalue weighted by Crippen LogP contribution is 2.36. The molecular weight excluding hydrogens is 313 g/mol. The molecule has 2 aromatic rings. The lowest BCUT2D eigenvalue weighted by atomic mass is 10.1. The van der Waals surface area contributed by atoms with Crippen LogP contribution in [0, 0.1) is 11.3 Å². The van der Waals surface area contributed by atoms with Crippen LogP contribution in [0.2, 0.25) is 10.0 Å². The van der Waals surface area contributed by atoms with Crippen LogP contribution >= 0.6 is 35.0 Å². The Morgan fingerprint density at radius 1 is 1.15 bits per heavy atom. The van der Waals surface area contributed by atoms with Crippen LogP contribution in [0.25, 0.3) is 0 Å². The molecule has 2 nitrogen and oxygen atoms in total. The van der Waals surface area contributed by atoms with E-state index in [1.807, 2.05) is 6.07 Å². The summed E-state index contributed by atoms with van der Waals surface area (Å²) in [5.74, 6) is 0. The van der Waals surface area contributed by atoms with E-state index < -0.39 is 6.10 Å². The Bertz CT molecular complexity index is 680. The van der Waals surface area contributed by atoms with Crippen LogP contribution in [0.3, 0.4) is 0 Å². The highest BCUT2D eigenvalue weighted by Gasteiger charge is 2.11. The van der Waals surface area contributed by atoms with E-state index in [0.29, 0.717) is 15.6 Å². The Hall–Kier alpha value is -1.18. The first-order chi connectivity index (χ1) is 9.51. The van der Waals surface area contributed by atoms with Crippen LogP contribution in [-0.2, 0) is 0 Å². The fourth-order valence-electron chi connectivity index (χ4n) is 1.70. The lowest BCUT2D eigenvalue weighted by Crippen LogP contribution is -1.94. The number of nitriles is 1. The molecule has 0 aliphatic rings. The first-order valence-corrected chi connectivity index (χ1v) is 7.43. The smallest absolute Gasteiger partial charge is 0.0992 e. The summed E-state index contributed by atoms with van der Waals surface area (Å²) in [7, 11) is 0. The zero-order valence-corrected chi connectivity index (χ0v) is 12.9. The third-order valence-corrected chi connectivity index (χ3v) is 4.51. The van der Waals surface area contributed by atoms with Crippen molar-refractivity contribution in [3.05, 3.63) is 57.6 Å². The van der Waals surface area contributed by atoms with Gasteiger partial charge in [0.05, 0.1) is 27.8 Å². The van der Waals surface area contributed by atoms with Gasteiger partial charge in [-0.3, -0.25) is 0 Å². The van der Waals surface area contributed by atoms with Crippen molar-refractivity contribution < 1.29 is 5.11 Å². The van der Waals surface area contributed by atoms with Crippen LogP contribution in [0.1, 0.15) is 24.2 Å². The number of nitrogens with zero attached hydrogens (tertiary/aromatic N) is 1. The van der Waals surface area contributed by atoms with Gasteiger partial charge in [-0.1, -0.05) is 41.0 Å². The minimum absolute atomic E-state index is 0.478. The van der Waals surface area contributed by atoms with Crippen LogP contribution in [0.4, 0.5) is 0 Å². The number of rotatable bonds is 3. The number of benzene rings is 2. The van der Waals surface area contributed by atoms with Gasteiger partial charge in [-0.05, 0) is 42.8 Å². The molecule has 20 heavy (non-hydrogen) atoms. The van der Waals surface area contributed by atoms with Crippen LogP contribution in [0.5, 0.6) is 0 Å². The highest BCUT2D eigenvalue weighted by atomic mass is 35.5. The second-order valence-corrected chi connectivity index (χ2v) is 6.15. The molecule has 0 saturated carbocycles. The Labute approximate surface area is 131 Å². The van der Waals surface area contributed by atoms with Crippen molar-refractivity contribution in [3.8, 4) is 6.07 Å². The van der Waals surface area contributed by atoms with Gasteiger partial charge in [-0.15, -0.1) is 0 Å². The predicted molar refractivity (Wildman–Crippen MR) is 82.4 cm³/mol. The van der Waals surface area contributed by atoms with E-state index in [-0.39, 0.29) is 0 Å². The van der Waals surface area contributed by atoms with E-state index in [1.54, 1.807) is 37.3 Å². The molecule has 2 aromatic carbocycles. The molecule has 0 saturated heterocycles. The number of halogens is 2. The molecule has 0 aromatic heterocycles. The highest BCUT2D eigenvalue weighted by molar-refractivity contribution is 7.99. The summed E-state index contributed by atoms with van der Waals surface area (Å²) in [6.45, 7) is 1.69. The number of aliphatic hydroxyl groups excluding tert-OH is 1. The molecule has 0 unspecified atom stereocenters. The van der Waals surface area contributed by atoms with Crippen molar-refractivity contribution in [2.24, 2.45) is 0 Å². The van der Waals surface area contributed by atoms with Crippen molar-refractivity contribution in [1.82, 2.24) is 0 Å². The second kappa shape index (κ2) is 6.51. The zero-order chi connectivity index (χ0) is 14.7. The molecule has 0 fully saturated rings. The molecule has 0 radical (unpaired) electrons. The molecule has 0 heterocycles. The van der Waals surface area contributed by atoms with Crippen molar-refractivity contribution in [3.63, 3.8) is 0 Å². The summed E-state index contributed by atoms with van der Waals surface area (Å²) in [5, 5.41) is 19.8. The first kappa shape index (κ1) is 15.2. The fraction of sp³-hybridized carbons (Fsp3) is 0.133. The predicted octanol–water partition coefficient (Wildman–Crippen LogP) is 5.07. The molecule has 0 aliphatic heterocycles. The summed E-state index contributed by atoms with van der Waals surface area (Å²) in [6.07, 6.45) is -0.604. The third-order valence-electron chi connectivity index (χ3n) is 2.71. The van der Waals surface area contributed by atoms with E-state index >= 15 is 0 Å². The Morgan fingerprint density at radius 3 is 2.50 bits per heavy atom. The normalized spacial score (nSPS) is 11.9. The monoisotopic (exact) mass is 323 g/mol.